The van der Waals surface area contributed by atoms with E-state index >= 15 is 0 Å². The second kappa shape index (κ2) is 3.63. The number of aromatic nitrogens is 1. The third-order valence-electron chi connectivity index (χ3n) is 5.00. The van der Waals surface area contributed by atoms with Crippen molar-refractivity contribution in [2.24, 2.45) is 16.7 Å². The smallest absolute Gasteiger partial charge is 0.0812 e. The molecule has 1 N–H and O–H groups in total. The van der Waals surface area contributed by atoms with Crippen molar-refractivity contribution in [3.05, 3.63) is 23.5 Å². The molecule has 0 spiro atoms. The molecule has 0 amide bonds. The summed E-state index contributed by atoms with van der Waals surface area (Å²) in [4.78, 5) is 0. The lowest BCUT2D eigenvalue weighted by atomic mass is 9.75. The Morgan fingerprint density at radius 2 is 1.94 bits per heavy atom. The van der Waals surface area contributed by atoms with E-state index < -0.39 is 0 Å². The minimum Gasteiger partial charge on any atom is -0.388 e. The minimum atomic E-state index is -0.266. The van der Waals surface area contributed by atoms with Gasteiger partial charge in [-0.05, 0) is 42.1 Å². The van der Waals surface area contributed by atoms with Gasteiger partial charge in [-0.25, -0.2) is 0 Å². The number of nitrogens with zero attached hydrogens (tertiary/aromatic N) is 1. The topological polar surface area (TPSA) is 25.2 Å². The molecular formula is C16H25NO. The van der Waals surface area contributed by atoms with E-state index in [2.05, 4.69) is 44.5 Å². The molecular weight excluding hydrogens is 222 g/mol. The number of hydrogen-bond acceptors (Lipinski definition) is 1. The van der Waals surface area contributed by atoms with Crippen LogP contribution in [0, 0.1) is 16.7 Å². The summed E-state index contributed by atoms with van der Waals surface area (Å²) < 4.78 is 2.40. The molecule has 3 rings (SSSR count). The molecule has 1 aromatic rings. The summed E-state index contributed by atoms with van der Waals surface area (Å²) in [7, 11) is 0. The largest absolute Gasteiger partial charge is 0.388 e. The Morgan fingerprint density at radius 3 is 2.56 bits per heavy atom. The van der Waals surface area contributed by atoms with Gasteiger partial charge in [0.1, 0.15) is 0 Å². The van der Waals surface area contributed by atoms with Gasteiger partial charge < -0.3 is 9.67 Å². The quantitative estimate of drug-likeness (QED) is 0.849. The Hall–Kier alpha value is -0.760. The Balaban J connectivity index is 1.86. The molecule has 2 heteroatoms. The molecule has 1 aromatic heterocycles. The zero-order valence-corrected chi connectivity index (χ0v) is 12.0. The molecule has 2 atom stereocenters. The third-order valence-corrected chi connectivity index (χ3v) is 5.00. The highest BCUT2D eigenvalue weighted by Crippen LogP contribution is 2.53. The molecule has 0 saturated heterocycles. The Bertz CT molecular complexity index is 469. The van der Waals surface area contributed by atoms with Crippen molar-refractivity contribution >= 4 is 0 Å². The normalized spacial score (nSPS) is 32.1. The van der Waals surface area contributed by atoms with E-state index in [9.17, 15) is 5.11 Å². The second-order valence-corrected chi connectivity index (χ2v) is 7.82. The summed E-state index contributed by atoms with van der Waals surface area (Å²) in [5.41, 5.74) is 3.30. The summed E-state index contributed by atoms with van der Waals surface area (Å²) in [5, 5.41) is 10.2. The summed E-state index contributed by atoms with van der Waals surface area (Å²) >= 11 is 0. The number of fused-ring (bicyclic) bond motifs is 1. The number of aliphatic hydroxyl groups excluding tert-OH is 1. The molecule has 1 heterocycles. The molecule has 0 aromatic carbocycles. The summed E-state index contributed by atoms with van der Waals surface area (Å²) in [6, 6.07) is 2.13. The first-order chi connectivity index (χ1) is 8.28. The van der Waals surface area contributed by atoms with E-state index in [-0.39, 0.29) is 11.5 Å². The van der Waals surface area contributed by atoms with Crippen molar-refractivity contribution in [2.45, 2.75) is 59.6 Å². The fourth-order valence-corrected chi connectivity index (χ4v) is 3.48. The molecule has 0 radical (unpaired) electrons. The van der Waals surface area contributed by atoms with Gasteiger partial charge in [0, 0.05) is 24.0 Å². The van der Waals surface area contributed by atoms with Crippen molar-refractivity contribution < 1.29 is 5.11 Å². The highest BCUT2D eigenvalue weighted by atomic mass is 16.3. The standard InChI is InChI=1S/C16H25NO/c1-15(2)8-13-12(14(18)9-15)5-6-17(13)10-11-7-16(11,3)4/h5-6,11,14,18H,7-10H2,1-4H3. The first-order valence-electron chi connectivity index (χ1n) is 7.14. The molecule has 0 aliphatic heterocycles. The zero-order chi connectivity index (χ0) is 13.1. The zero-order valence-electron chi connectivity index (χ0n) is 12.0. The first-order valence-corrected chi connectivity index (χ1v) is 7.14. The van der Waals surface area contributed by atoms with Crippen LogP contribution in [0.4, 0.5) is 0 Å². The van der Waals surface area contributed by atoms with Crippen molar-refractivity contribution in [1.82, 2.24) is 4.57 Å². The van der Waals surface area contributed by atoms with Crippen LogP contribution in [0.2, 0.25) is 0 Å². The predicted octanol–water partition coefficient (Wildman–Crippen LogP) is 3.54. The van der Waals surface area contributed by atoms with Gasteiger partial charge in [0.05, 0.1) is 6.10 Å². The lowest BCUT2D eigenvalue weighted by Gasteiger charge is -2.34. The molecule has 0 bridgehead atoms. The SMILES string of the molecule is CC1(C)Cc2c(ccn2CC2CC2(C)C)C(O)C1. The number of rotatable bonds is 2. The van der Waals surface area contributed by atoms with Crippen LogP contribution in [0.1, 0.15) is 57.9 Å². The molecule has 100 valence electrons. The molecule has 18 heavy (non-hydrogen) atoms. The average molecular weight is 247 g/mol. The first kappa shape index (κ1) is 12.3. The molecule has 2 unspecified atom stereocenters. The monoisotopic (exact) mass is 247 g/mol. The maximum atomic E-state index is 10.2. The molecule has 2 aliphatic rings. The molecule has 1 saturated carbocycles. The Morgan fingerprint density at radius 1 is 1.28 bits per heavy atom. The van der Waals surface area contributed by atoms with Crippen LogP contribution in [0.5, 0.6) is 0 Å². The van der Waals surface area contributed by atoms with E-state index in [0.717, 1.165) is 25.3 Å². The Kier molecular flexibility index (Phi) is 2.48. The van der Waals surface area contributed by atoms with Gasteiger partial charge in [-0.15, -0.1) is 0 Å². The van der Waals surface area contributed by atoms with E-state index in [4.69, 9.17) is 0 Å². The van der Waals surface area contributed by atoms with Gasteiger partial charge in [-0.2, -0.15) is 0 Å². The fraction of sp³-hybridized carbons (Fsp3) is 0.750. The van der Waals surface area contributed by atoms with Gasteiger partial charge >= 0.3 is 0 Å². The van der Waals surface area contributed by atoms with Crippen LogP contribution in [-0.4, -0.2) is 9.67 Å². The highest BCUT2D eigenvalue weighted by molar-refractivity contribution is 5.29. The third kappa shape index (κ3) is 2.01. The van der Waals surface area contributed by atoms with E-state index in [0.29, 0.717) is 5.41 Å². The van der Waals surface area contributed by atoms with Crippen LogP contribution >= 0.6 is 0 Å². The predicted molar refractivity (Wildman–Crippen MR) is 73.4 cm³/mol. The van der Waals surface area contributed by atoms with Gasteiger partial charge in [-0.1, -0.05) is 27.7 Å². The van der Waals surface area contributed by atoms with Crippen molar-refractivity contribution in [3.63, 3.8) is 0 Å². The van der Waals surface area contributed by atoms with E-state index in [1.807, 2.05) is 0 Å². The van der Waals surface area contributed by atoms with E-state index in [1.54, 1.807) is 0 Å². The van der Waals surface area contributed by atoms with Crippen molar-refractivity contribution in [3.8, 4) is 0 Å². The average Bonchev–Trinajstić information content (AvgIpc) is 2.64. The van der Waals surface area contributed by atoms with Gasteiger partial charge in [0.25, 0.3) is 0 Å². The van der Waals surface area contributed by atoms with Crippen LogP contribution in [0.25, 0.3) is 0 Å². The van der Waals surface area contributed by atoms with Crippen molar-refractivity contribution in [2.75, 3.05) is 0 Å². The molecule has 2 nitrogen and oxygen atoms in total. The van der Waals surface area contributed by atoms with Crippen LogP contribution in [0.15, 0.2) is 12.3 Å². The minimum absolute atomic E-state index is 0.224. The van der Waals surface area contributed by atoms with Crippen molar-refractivity contribution in [1.29, 1.82) is 0 Å². The van der Waals surface area contributed by atoms with Crippen LogP contribution in [0.3, 0.4) is 0 Å². The maximum Gasteiger partial charge on any atom is 0.0812 e. The summed E-state index contributed by atoms with van der Waals surface area (Å²) in [6.07, 6.45) is 5.24. The second-order valence-electron chi connectivity index (χ2n) is 7.82. The number of hydrogen-bond donors (Lipinski definition) is 1. The summed E-state index contributed by atoms with van der Waals surface area (Å²) in [6.45, 7) is 10.4. The molecule has 1 fully saturated rings. The lowest BCUT2D eigenvalue weighted by molar-refractivity contribution is 0.0978. The fourth-order valence-electron chi connectivity index (χ4n) is 3.48. The van der Waals surface area contributed by atoms with Crippen LogP contribution < -0.4 is 0 Å². The van der Waals surface area contributed by atoms with Gasteiger partial charge in [-0.3, -0.25) is 0 Å². The lowest BCUT2D eigenvalue weighted by Crippen LogP contribution is -2.27. The maximum absolute atomic E-state index is 10.2. The van der Waals surface area contributed by atoms with Gasteiger partial charge in [0.15, 0.2) is 0 Å². The molecule has 2 aliphatic carbocycles. The highest BCUT2D eigenvalue weighted by Gasteiger charge is 2.46. The van der Waals surface area contributed by atoms with E-state index in [1.165, 1.54) is 17.7 Å². The summed E-state index contributed by atoms with van der Waals surface area (Å²) in [5.74, 6) is 0.816. The Labute approximate surface area is 110 Å². The van der Waals surface area contributed by atoms with Gasteiger partial charge in [0.2, 0.25) is 0 Å². The van der Waals surface area contributed by atoms with Crippen LogP contribution in [-0.2, 0) is 13.0 Å². The number of aliphatic hydroxyl groups is 1.